The molecule has 128 valence electrons. The van der Waals surface area contributed by atoms with E-state index in [9.17, 15) is 4.79 Å². The van der Waals surface area contributed by atoms with E-state index in [-0.39, 0.29) is 11.9 Å². The second-order valence-corrected chi connectivity index (χ2v) is 5.96. The van der Waals surface area contributed by atoms with E-state index in [0.717, 1.165) is 18.5 Å². The summed E-state index contributed by atoms with van der Waals surface area (Å²) >= 11 is 0. The lowest BCUT2D eigenvalue weighted by Gasteiger charge is -2.23. The lowest BCUT2D eigenvalue weighted by molar-refractivity contribution is -0.121. The van der Waals surface area contributed by atoms with Crippen molar-refractivity contribution in [2.75, 3.05) is 26.1 Å². The molecule has 1 amide bonds. The molecule has 0 fully saturated rings. The summed E-state index contributed by atoms with van der Waals surface area (Å²) in [4.78, 5) is 18.8. The molecule has 0 radical (unpaired) electrons. The van der Waals surface area contributed by atoms with E-state index in [1.54, 1.807) is 7.11 Å². The molecule has 1 N–H and O–H groups in total. The van der Waals surface area contributed by atoms with Gasteiger partial charge in [0, 0.05) is 19.2 Å². The Morgan fingerprint density at radius 1 is 1.42 bits per heavy atom. The summed E-state index contributed by atoms with van der Waals surface area (Å²) in [5.74, 6) is 1.14. The number of rotatable bonds is 6. The van der Waals surface area contributed by atoms with Gasteiger partial charge < -0.3 is 14.6 Å². The summed E-state index contributed by atoms with van der Waals surface area (Å²) < 4.78 is 10.3. The number of hydrogen-bond acceptors (Lipinski definition) is 6. The number of methoxy groups -OCH3 is 1. The molecule has 1 aliphatic rings. The van der Waals surface area contributed by atoms with Crippen molar-refractivity contribution in [3.8, 4) is 0 Å². The third-order valence-corrected chi connectivity index (χ3v) is 4.22. The fourth-order valence-corrected chi connectivity index (χ4v) is 2.89. The summed E-state index contributed by atoms with van der Waals surface area (Å²) in [6.45, 7) is 0.993. The van der Waals surface area contributed by atoms with Crippen LogP contribution in [0.5, 0.6) is 0 Å². The maximum absolute atomic E-state index is 12.5. The molecule has 1 aromatic heterocycles. The zero-order chi connectivity index (χ0) is 16.9. The first-order chi connectivity index (χ1) is 11.7. The van der Waals surface area contributed by atoms with Crippen LogP contribution in [0.2, 0.25) is 0 Å². The Morgan fingerprint density at radius 3 is 3.08 bits per heavy atom. The summed E-state index contributed by atoms with van der Waals surface area (Å²) in [6, 6.07) is 7.69. The third kappa shape index (κ3) is 3.80. The van der Waals surface area contributed by atoms with Crippen LogP contribution in [0.1, 0.15) is 23.7 Å². The fourth-order valence-electron chi connectivity index (χ4n) is 2.89. The first-order valence-electron chi connectivity index (χ1n) is 8.07. The van der Waals surface area contributed by atoms with Crippen molar-refractivity contribution >= 4 is 11.6 Å². The highest BCUT2D eigenvalue weighted by Crippen LogP contribution is 2.23. The van der Waals surface area contributed by atoms with Crippen LogP contribution in [-0.4, -0.2) is 47.8 Å². The molecule has 0 unspecified atom stereocenters. The largest absolute Gasteiger partial charge is 0.384 e. The van der Waals surface area contributed by atoms with E-state index >= 15 is 0 Å². The number of hydrogen-bond donors (Lipinski definition) is 1. The fraction of sp³-hybridized carbons (Fsp3) is 0.471. The number of ether oxygens (including phenoxy) is 1. The SMILES string of the molecule is COCCc1noc(CN(C)[C@H]2CCc3ccccc3NC2=O)n1. The Bertz CT molecular complexity index is 701. The standard InChI is InChI=1S/C17H22N4O3/c1-21(11-16-19-15(20-24-16)9-10-23-2)14-8-7-12-5-3-4-6-13(12)18-17(14)22/h3-6,14H,7-11H2,1-2H3,(H,18,22)/t14-/m0/s1. The van der Waals surface area contributed by atoms with Gasteiger partial charge in [0.25, 0.3) is 0 Å². The predicted molar refractivity (Wildman–Crippen MR) is 88.5 cm³/mol. The van der Waals surface area contributed by atoms with E-state index in [0.29, 0.717) is 31.3 Å². The topological polar surface area (TPSA) is 80.5 Å². The Morgan fingerprint density at radius 2 is 2.25 bits per heavy atom. The van der Waals surface area contributed by atoms with Crippen LogP contribution in [0, 0.1) is 0 Å². The highest BCUT2D eigenvalue weighted by Gasteiger charge is 2.27. The summed E-state index contributed by atoms with van der Waals surface area (Å²) in [7, 11) is 3.54. The number of amides is 1. The molecule has 0 bridgehead atoms. The van der Waals surface area contributed by atoms with E-state index in [2.05, 4.69) is 21.5 Å². The molecule has 1 atom stereocenters. The molecule has 3 rings (SSSR count). The molecule has 0 saturated carbocycles. The number of carbonyl (C=O) groups excluding carboxylic acids is 1. The van der Waals surface area contributed by atoms with Crippen molar-refractivity contribution in [1.82, 2.24) is 15.0 Å². The van der Waals surface area contributed by atoms with Gasteiger partial charge in [-0.05, 0) is 31.5 Å². The highest BCUT2D eigenvalue weighted by atomic mass is 16.5. The molecule has 2 aromatic rings. The minimum Gasteiger partial charge on any atom is -0.384 e. The smallest absolute Gasteiger partial charge is 0.241 e. The third-order valence-electron chi connectivity index (χ3n) is 4.22. The van der Waals surface area contributed by atoms with Crippen molar-refractivity contribution in [2.45, 2.75) is 31.8 Å². The molecule has 24 heavy (non-hydrogen) atoms. The van der Waals surface area contributed by atoms with Crippen molar-refractivity contribution in [3.05, 3.63) is 41.5 Å². The Kier molecular flexibility index (Phi) is 5.22. The molecule has 1 aliphatic heterocycles. The van der Waals surface area contributed by atoms with Gasteiger partial charge in [0.05, 0.1) is 19.2 Å². The molecule has 0 aliphatic carbocycles. The second kappa shape index (κ2) is 7.55. The molecular weight excluding hydrogens is 308 g/mol. The van der Waals surface area contributed by atoms with Crippen LogP contribution in [0.25, 0.3) is 0 Å². The predicted octanol–water partition coefficient (Wildman–Crippen LogP) is 1.64. The summed E-state index contributed by atoms with van der Waals surface area (Å²) in [6.07, 6.45) is 2.22. The van der Waals surface area contributed by atoms with E-state index < -0.39 is 0 Å². The van der Waals surface area contributed by atoms with Crippen LogP contribution in [0.3, 0.4) is 0 Å². The number of aromatic nitrogens is 2. The zero-order valence-electron chi connectivity index (χ0n) is 14.0. The van der Waals surface area contributed by atoms with Crippen molar-refractivity contribution in [2.24, 2.45) is 0 Å². The van der Waals surface area contributed by atoms with E-state index in [1.165, 1.54) is 5.56 Å². The van der Waals surface area contributed by atoms with Gasteiger partial charge in [0.1, 0.15) is 0 Å². The van der Waals surface area contributed by atoms with Crippen LogP contribution >= 0.6 is 0 Å². The molecular formula is C17H22N4O3. The first kappa shape index (κ1) is 16.6. The van der Waals surface area contributed by atoms with Gasteiger partial charge in [-0.15, -0.1) is 0 Å². The number of benzene rings is 1. The number of anilines is 1. The number of fused-ring (bicyclic) bond motifs is 1. The Balaban J connectivity index is 1.63. The Hall–Kier alpha value is -2.25. The Labute approximate surface area is 141 Å². The van der Waals surface area contributed by atoms with E-state index in [1.807, 2.05) is 30.1 Å². The minimum absolute atomic E-state index is 0.00146. The maximum Gasteiger partial charge on any atom is 0.241 e. The van der Waals surface area contributed by atoms with E-state index in [4.69, 9.17) is 9.26 Å². The molecule has 7 heteroatoms. The van der Waals surface area contributed by atoms with Crippen molar-refractivity contribution in [1.29, 1.82) is 0 Å². The summed E-state index contributed by atoms with van der Waals surface area (Å²) in [5.41, 5.74) is 2.07. The maximum atomic E-state index is 12.5. The van der Waals surface area contributed by atoms with Crippen LogP contribution < -0.4 is 5.32 Å². The van der Waals surface area contributed by atoms with Gasteiger partial charge >= 0.3 is 0 Å². The average molecular weight is 330 g/mol. The van der Waals surface area contributed by atoms with Gasteiger partial charge in [-0.25, -0.2) is 0 Å². The second-order valence-electron chi connectivity index (χ2n) is 5.96. The van der Waals surface area contributed by atoms with Crippen molar-refractivity contribution < 1.29 is 14.1 Å². The average Bonchev–Trinajstić information content (AvgIpc) is 2.94. The summed E-state index contributed by atoms with van der Waals surface area (Å²) in [5, 5.41) is 6.94. The number of aryl methyl sites for hydroxylation is 1. The highest BCUT2D eigenvalue weighted by molar-refractivity contribution is 5.96. The quantitative estimate of drug-likeness (QED) is 0.867. The van der Waals surface area contributed by atoms with Gasteiger partial charge in [0.2, 0.25) is 11.8 Å². The monoisotopic (exact) mass is 330 g/mol. The molecule has 2 heterocycles. The first-order valence-corrected chi connectivity index (χ1v) is 8.07. The van der Waals surface area contributed by atoms with Crippen LogP contribution in [0.4, 0.5) is 5.69 Å². The van der Waals surface area contributed by atoms with Gasteiger partial charge in [-0.3, -0.25) is 9.69 Å². The normalized spacial score (nSPS) is 17.5. The molecule has 1 aromatic carbocycles. The molecule has 0 saturated heterocycles. The van der Waals surface area contributed by atoms with Crippen LogP contribution in [0.15, 0.2) is 28.8 Å². The van der Waals surface area contributed by atoms with Crippen molar-refractivity contribution in [3.63, 3.8) is 0 Å². The lowest BCUT2D eigenvalue weighted by Crippen LogP contribution is -2.40. The zero-order valence-corrected chi connectivity index (χ0v) is 14.0. The number of likely N-dealkylation sites (N-methyl/N-ethyl adjacent to an activating group) is 1. The molecule has 0 spiro atoms. The minimum atomic E-state index is -0.230. The number of nitrogens with one attached hydrogen (secondary N) is 1. The number of para-hydroxylation sites is 1. The molecule has 7 nitrogen and oxygen atoms in total. The number of nitrogens with zero attached hydrogens (tertiary/aromatic N) is 3. The van der Waals surface area contributed by atoms with Gasteiger partial charge in [-0.2, -0.15) is 4.98 Å². The van der Waals surface area contributed by atoms with Crippen LogP contribution in [-0.2, 0) is 28.9 Å². The van der Waals surface area contributed by atoms with Gasteiger partial charge in [-0.1, -0.05) is 23.4 Å². The van der Waals surface area contributed by atoms with Gasteiger partial charge in [0.15, 0.2) is 5.82 Å². The lowest BCUT2D eigenvalue weighted by atomic mass is 10.1. The number of carbonyl (C=O) groups is 1.